The molecule has 0 atom stereocenters. The number of nitrogens with zero attached hydrogens (tertiary/aromatic N) is 6. The molecule has 4 heterocycles. The molecule has 228 valence electrons. The summed E-state index contributed by atoms with van der Waals surface area (Å²) in [5.41, 5.74) is 6.63. The molecule has 0 aliphatic carbocycles. The molecular weight excluding hydrogens is 605 g/mol. The van der Waals surface area contributed by atoms with Crippen LogP contribution in [0.4, 0.5) is 0 Å². The quantitative estimate of drug-likeness (QED) is 0.147. The van der Waals surface area contributed by atoms with Gasteiger partial charge in [-0.05, 0) is 86.7 Å². The molecule has 0 aliphatic rings. The maximum Gasteiger partial charge on any atom is 0.255 e. The highest BCUT2D eigenvalue weighted by Crippen LogP contribution is 2.34. The van der Waals surface area contributed by atoms with Gasteiger partial charge in [0.2, 0.25) is 23.5 Å². The first-order valence-electron chi connectivity index (χ1n) is 13.2. The molecule has 0 saturated heterocycles. The van der Waals surface area contributed by atoms with Crippen molar-refractivity contribution < 1.29 is 28.5 Å². The Morgan fingerprint density at radius 3 is 1.20 bits per heavy atom. The second-order valence-electron chi connectivity index (χ2n) is 9.70. The van der Waals surface area contributed by atoms with Crippen LogP contribution in [0.15, 0.2) is 43.4 Å². The molecule has 2 N–H and O–H groups in total. The zero-order valence-electron chi connectivity index (χ0n) is 25.3. The summed E-state index contributed by atoms with van der Waals surface area (Å²) < 4.78 is 22.1. The number of thioether (sulfide) groups is 2. The number of fused-ring (bicyclic) bond motifs is 2. The fourth-order valence-corrected chi connectivity index (χ4v) is 5.50. The first-order valence-corrected chi connectivity index (χ1v) is 15.7. The third-order valence-electron chi connectivity index (χ3n) is 6.63. The SMILES string of the molecule is COc1c(C)cc(-c2nc3c(O)nc(SC)nc3o2)cc1C.COc1c(C)cc(-c2nc3c(O)nc(SC)nc3o2)cc1C. The Morgan fingerprint density at radius 2 is 0.909 bits per heavy atom. The minimum absolute atomic E-state index is 0.175. The van der Waals surface area contributed by atoms with E-state index in [0.717, 1.165) is 44.9 Å². The van der Waals surface area contributed by atoms with Gasteiger partial charge in [-0.2, -0.15) is 19.9 Å². The molecule has 0 bridgehead atoms. The zero-order chi connectivity index (χ0) is 31.7. The summed E-state index contributed by atoms with van der Waals surface area (Å²) in [5.74, 6) is 2.12. The van der Waals surface area contributed by atoms with Crippen LogP contribution in [0.5, 0.6) is 23.3 Å². The van der Waals surface area contributed by atoms with Gasteiger partial charge in [-0.25, -0.2) is 9.97 Å². The third-order valence-corrected chi connectivity index (χ3v) is 7.72. The zero-order valence-corrected chi connectivity index (χ0v) is 27.0. The second-order valence-corrected chi connectivity index (χ2v) is 11.2. The first kappa shape index (κ1) is 30.9. The van der Waals surface area contributed by atoms with Crippen molar-refractivity contribution >= 4 is 46.0 Å². The molecule has 6 aromatic rings. The fourth-order valence-electron chi connectivity index (χ4n) is 4.80. The Morgan fingerprint density at radius 1 is 0.568 bits per heavy atom. The van der Waals surface area contributed by atoms with Gasteiger partial charge < -0.3 is 28.5 Å². The van der Waals surface area contributed by atoms with Crippen LogP contribution in [-0.2, 0) is 0 Å². The molecule has 12 nitrogen and oxygen atoms in total. The molecule has 44 heavy (non-hydrogen) atoms. The molecule has 4 aromatic heterocycles. The van der Waals surface area contributed by atoms with E-state index in [0.29, 0.717) is 22.1 Å². The van der Waals surface area contributed by atoms with Gasteiger partial charge in [0.15, 0.2) is 21.3 Å². The maximum absolute atomic E-state index is 9.93. The molecule has 14 heteroatoms. The van der Waals surface area contributed by atoms with E-state index >= 15 is 0 Å². The van der Waals surface area contributed by atoms with Crippen LogP contribution >= 0.6 is 23.5 Å². The predicted octanol–water partition coefficient (Wildman–Crippen LogP) is 6.68. The van der Waals surface area contributed by atoms with E-state index in [4.69, 9.17) is 18.3 Å². The minimum atomic E-state index is -0.175. The summed E-state index contributed by atoms with van der Waals surface area (Å²) in [7, 11) is 3.29. The van der Waals surface area contributed by atoms with Crippen molar-refractivity contribution in [3.05, 3.63) is 46.5 Å². The lowest BCUT2D eigenvalue weighted by molar-refractivity contribution is 0.408. The van der Waals surface area contributed by atoms with Crippen LogP contribution in [0.1, 0.15) is 22.3 Å². The van der Waals surface area contributed by atoms with Crippen molar-refractivity contribution in [2.24, 2.45) is 0 Å². The summed E-state index contributed by atoms with van der Waals surface area (Å²) in [6, 6.07) is 7.71. The van der Waals surface area contributed by atoms with Gasteiger partial charge in [-0.1, -0.05) is 23.5 Å². The molecular formula is C30H30N6O6S2. The molecule has 0 spiro atoms. The smallest absolute Gasteiger partial charge is 0.255 e. The van der Waals surface area contributed by atoms with Crippen molar-refractivity contribution in [3.63, 3.8) is 0 Å². The van der Waals surface area contributed by atoms with Gasteiger partial charge in [0.25, 0.3) is 11.4 Å². The largest absolute Gasteiger partial charge is 0.496 e. The van der Waals surface area contributed by atoms with Crippen LogP contribution in [0, 0.1) is 27.7 Å². The second kappa shape index (κ2) is 12.6. The van der Waals surface area contributed by atoms with E-state index in [-0.39, 0.29) is 34.2 Å². The van der Waals surface area contributed by atoms with Crippen molar-refractivity contribution in [2.75, 3.05) is 26.7 Å². The molecule has 0 saturated carbocycles. The van der Waals surface area contributed by atoms with Crippen LogP contribution in [-0.4, -0.2) is 66.8 Å². The van der Waals surface area contributed by atoms with Crippen molar-refractivity contribution in [3.8, 4) is 46.2 Å². The third kappa shape index (κ3) is 5.95. The average molecular weight is 635 g/mol. The van der Waals surface area contributed by atoms with E-state index in [1.807, 2.05) is 64.5 Å². The highest BCUT2D eigenvalue weighted by atomic mass is 32.2. The summed E-state index contributed by atoms with van der Waals surface area (Å²) >= 11 is 2.65. The van der Waals surface area contributed by atoms with Crippen molar-refractivity contribution in [1.29, 1.82) is 0 Å². The normalized spacial score (nSPS) is 11.1. The van der Waals surface area contributed by atoms with Crippen LogP contribution in [0.2, 0.25) is 0 Å². The van der Waals surface area contributed by atoms with Crippen LogP contribution in [0.3, 0.4) is 0 Å². The molecule has 0 fully saturated rings. The lowest BCUT2D eigenvalue weighted by Crippen LogP contribution is -1.92. The molecule has 2 aromatic carbocycles. The van der Waals surface area contributed by atoms with Gasteiger partial charge in [-0.15, -0.1) is 0 Å². The number of aromatic nitrogens is 6. The Labute approximate surface area is 261 Å². The topological polar surface area (TPSA) is 163 Å². The Balaban J connectivity index is 0.000000175. The molecule has 0 amide bonds. The number of hydrogen-bond acceptors (Lipinski definition) is 14. The van der Waals surface area contributed by atoms with Gasteiger partial charge in [-0.3, -0.25) is 0 Å². The van der Waals surface area contributed by atoms with Crippen LogP contribution in [0.25, 0.3) is 45.4 Å². The highest BCUT2D eigenvalue weighted by molar-refractivity contribution is 7.98. The maximum atomic E-state index is 9.93. The number of aryl methyl sites for hydroxylation is 4. The minimum Gasteiger partial charge on any atom is -0.496 e. The van der Waals surface area contributed by atoms with E-state index in [1.165, 1.54) is 23.5 Å². The summed E-state index contributed by atoms with van der Waals surface area (Å²) in [6.45, 7) is 7.84. The monoisotopic (exact) mass is 634 g/mol. The number of benzene rings is 2. The Bertz CT molecular complexity index is 1820. The fraction of sp³-hybridized carbons (Fsp3) is 0.267. The summed E-state index contributed by atoms with van der Waals surface area (Å²) in [4.78, 5) is 25.0. The average Bonchev–Trinajstić information content (AvgIpc) is 3.63. The lowest BCUT2D eigenvalue weighted by atomic mass is 10.1. The van der Waals surface area contributed by atoms with Crippen molar-refractivity contribution in [2.45, 2.75) is 38.0 Å². The van der Waals surface area contributed by atoms with Crippen molar-refractivity contribution in [1.82, 2.24) is 29.9 Å². The molecule has 0 radical (unpaired) electrons. The number of rotatable bonds is 6. The Kier molecular flexibility index (Phi) is 8.83. The number of methoxy groups -OCH3 is 2. The summed E-state index contributed by atoms with van der Waals surface area (Å²) in [5, 5.41) is 20.7. The first-order chi connectivity index (χ1) is 21.1. The van der Waals surface area contributed by atoms with Gasteiger partial charge in [0.05, 0.1) is 14.2 Å². The number of ether oxygens (including phenoxy) is 2. The standard InChI is InChI=1S/2C15H15N3O3S/c2*1-7-5-9(6-8(2)11(7)20-3)13-16-10-12(19)17-15(22-4)18-14(10)21-13/h2*5-6H,1-4H3,(H,17,18,19). The van der Waals surface area contributed by atoms with Crippen LogP contribution < -0.4 is 9.47 Å². The molecule has 0 unspecified atom stereocenters. The lowest BCUT2D eigenvalue weighted by Gasteiger charge is -2.09. The number of oxazole rings is 2. The number of aromatic hydroxyl groups is 2. The molecule has 0 aliphatic heterocycles. The highest BCUT2D eigenvalue weighted by Gasteiger charge is 2.18. The number of hydrogen-bond donors (Lipinski definition) is 2. The van der Waals surface area contributed by atoms with Gasteiger partial charge >= 0.3 is 0 Å². The van der Waals surface area contributed by atoms with Gasteiger partial charge in [0, 0.05) is 11.1 Å². The van der Waals surface area contributed by atoms with Gasteiger partial charge in [0.1, 0.15) is 11.5 Å². The van der Waals surface area contributed by atoms with E-state index in [2.05, 4.69) is 29.9 Å². The predicted molar refractivity (Wildman–Crippen MR) is 169 cm³/mol. The Hall–Kier alpha value is -4.56. The van der Waals surface area contributed by atoms with E-state index in [9.17, 15) is 10.2 Å². The molecule has 6 rings (SSSR count). The van der Waals surface area contributed by atoms with E-state index < -0.39 is 0 Å². The van der Waals surface area contributed by atoms with E-state index in [1.54, 1.807) is 14.2 Å². The summed E-state index contributed by atoms with van der Waals surface area (Å²) in [6.07, 6.45) is 3.65.